The van der Waals surface area contributed by atoms with Crippen molar-refractivity contribution in [1.29, 1.82) is 0 Å². The van der Waals surface area contributed by atoms with Gasteiger partial charge in [0.15, 0.2) is 0 Å². The van der Waals surface area contributed by atoms with Crippen molar-refractivity contribution in [3.05, 3.63) is 58.6 Å². The summed E-state index contributed by atoms with van der Waals surface area (Å²) in [5, 5.41) is 0.590. The normalized spacial score (nSPS) is 17.2. The van der Waals surface area contributed by atoms with Crippen LogP contribution >= 0.6 is 11.7 Å². The van der Waals surface area contributed by atoms with Gasteiger partial charge in [0.2, 0.25) is 10.0 Å². The number of nitrogens with zero attached hydrogens (tertiary/aromatic N) is 6. The van der Waals surface area contributed by atoms with E-state index in [1.807, 2.05) is 25.1 Å². The molecule has 1 aliphatic rings. The SMILES string of the molecule is CC(c1nc2ccccc2c(=O)n1C)N1CCN(S(=O)(=O)c2cccc3nsnc23)CC1. The van der Waals surface area contributed by atoms with Gasteiger partial charge in [-0.25, -0.2) is 13.4 Å². The number of rotatable bonds is 4. The molecule has 1 saturated heterocycles. The Morgan fingerprint density at radius 2 is 1.69 bits per heavy atom. The molecule has 166 valence electrons. The fourth-order valence-electron chi connectivity index (χ4n) is 4.23. The summed E-state index contributed by atoms with van der Waals surface area (Å²) in [5.41, 5.74) is 1.60. The maximum absolute atomic E-state index is 13.3. The Morgan fingerprint density at radius 1 is 0.969 bits per heavy atom. The molecule has 2 aromatic heterocycles. The van der Waals surface area contributed by atoms with Crippen LogP contribution in [-0.4, -0.2) is 62.1 Å². The molecule has 0 radical (unpaired) electrons. The summed E-state index contributed by atoms with van der Waals surface area (Å²) < 4.78 is 38.0. The van der Waals surface area contributed by atoms with Gasteiger partial charge in [-0.15, -0.1) is 0 Å². The highest BCUT2D eigenvalue weighted by Crippen LogP contribution is 2.27. The van der Waals surface area contributed by atoms with E-state index in [4.69, 9.17) is 4.98 Å². The first-order valence-corrected chi connectivity index (χ1v) is 12.5. The molecule has 0 saturated carbocycles. The molecule has 5 rings (SSSR count). The second-order valence-corrected chi connectivity index (χ2v) is 10.3. The monoisotopic (exact) mass is 470 g/mol. The third kappa shape index (κ3) is 3.41. The number of hydrogen-bond donors (Lipinski definition) is 0. The zero-order valence-electron chi connectivity index (χ0n) is 17.7. The third-order valence-corrected chi connectivity index (χ3v) is 8.55. The van der Waals surface area contributed by atoms with Crippen molar-refractivity contribution in [2.24, 2.45) is 7.05 Å². The van der Waals surface area contributed by atoms with Crippen LogP contribution in [0.15, 0.2) is 52.2 Å². The van der Waals surface area contributed by atoms with Gasteiger partial charge in [-0.05, 0) is 31.2 Å². The summed E-state index contributed by atoms with van der Waals surface area (Å²) in [6.07, 6.45) is 0. The van der Waals surface area contributed by atoms with E-state index >= 15 is 0 Å². The van der Waals surface area contributed by atoms with E-state index in [1.165, 1.54) is 4.31 Å². The van der Waals surface area contributed by atoms with E-state index in [1.54, 1.807) is 35.9 Å². The summed E-state index contributed by atoms with van der Waals surface area (Å²) in [7, 11) is -1.94. The van der Waals surface area contributed by atoms with Crippen LogP contribution < -0.4 is 5.56 Å². The number of para-hydroxylation sites is 1. The van der Waals surface area contributed by atoms with Gasteiger partial charge in [-0.3, -0.25) is 14.3 Å². The summed E-state index contributed by atoms with van der Waals surface area (Å²) in [4.78, 5) is 19.9. The number of fused-ring (bicyclic) bond motifs is 2. The molecule has 4 aromatic rings. The second kappa shape index (κ2) is 8.00. The lowest BCUT2D eigenvalue weighted by Crippen LogP contribution is -2.49. The van der Waals surface area contributed by atoms with Crippen LogP contribution in [0.1, 0.15) is 18.8 Å². The smallest absolute Gasteiger partial charge is 0.261 e. The molecule has 32 heavy (non-hydrogen) atoms. The fourth-order valence-corrected chi connectivity index (χ4v) is 6.41. The van der Waals surface area contributed by atoms with Crippen molar-refractivity contribution >= 4 is 43.7 Å². The van der Waals surface area contributed by atoms with E-state index < -0.39 is 10.0 Å². The maximum atomic E-state index is 13.3. The molecule has 0 amide bonds. The molecular weight excluding hydrogens is 448 g/mol. The number of benzene rings is 2. The molecule has 1 aliphatic heterocycles. The largest absolute Gasteiger partial charge is 0.298 e. The Balaban J connectivity index is 1.38. The number of aromatic nitrogens is 4. The molecule has 3 heterocycles. The van der Waals surface area contributed by atoms with Crippen LogP contribution in [0, 0.1) is 0 Å². The van der Waals surface area contributed by atoms with Crippen LogP contribution in [0.25, 0.3) is 21.9 Å². The second-order valence-electron chi connectivity index (χ2n) is 7.86. The Kier molecular flexibility index (Phi) is 5.28. The van der Waals surface area contributed by atoms with Crippen LogP contribution in [0.5, 0.6) is 0 Å². The minimum Gasteiger partial charge on any atom is -0.298 e. The van der Waals surface area contributed by atoms with Crippen molar-refractivity contribution in [2.45, 2.75) is 17.9 Å². The lowest BCUT2D eigenvalue weighted by atomic mass is 10.2. The molecule has 9 nitrogen and oxygen atoms in total. The van der Waals surface area contributed by atoms with E-state index in [2.05, 4.69) is 13.6 Å². The molecule has 1 unspecified atom stereocenters. The third-order valence-electron chi connectivity index (χ3n) is 6.08. The Hall–Kier alpha value is -2.73. The van der Waals surface area contributed by atoms with Crippen LogP contribution in [-0.2, 0) is 17.1 Å². The zero-order chi connectivity index (χ0) is 22.5. The number of piperazine rings is 1. The summed E-state index contributed by atoms with van der Waals surface area (Å²) >= 11 is 1.01. The van der Waals surface area contributed by atoms with Gasteiger partial charge in [-0.1, -0.05) is 18.2 Å². The first-order valence-electron chi connectivity index (χ1n) is 10.3. The highest BCUT2D eigenvalue weighted by molar-refractivity contribution is 7.89. The van der Waals surface area contributed by atoms with Gasteiger partial charge < -0.3 is 0 Å². The van der Waals surface area contributed by atoms with Crippen molar-refractivity contribution in [2.75, 3.05) is 26.2 Å². The van der Waals surface area contributed by atoms with Crippen LogP contribution in [0.4, 0.5) is 0 Å². The Labute approximate surface area is 189 Å². The van der Waals surface area contributed by atoms with Crippen molar-refractivity contribution in [3.8, 4) is 0 Å². The molecule has 0 bridgehead atoms. The first kappa shape index (κ1) is 21.1. The molecule has 1 fully saturated rings. The van der Waals surface area contributed by atoms with Crippen molar-refractivity contribution < 1.29 is 8.42 Å². The number of sulfonamides is 1. The average Bonchev–Trinajstić information content (AvgIpc) is 3.30. The Morgan fingerprint density at radius 3 is 2.47 bits per heavy atom. The van der Waals surface area contributed by atoms with Gasteiger partial charge in [0.1, 0.15) is 21.8 Å². The molecule has 2 aromatic carbocycles. The predicted octanol–water partition coefficient (Wildman–Crippen LogP) is 2.01. The first-order chi connectivity index (χ1) is 15.4. The molecular formula is C21H22N6O3S2. The summed E-state index contributed by atoms with van der Waals surface area (Å²) in [5.74, 6) is 0.670. The van der Waals surface area contributed by atoms with Crippen molar-refractivity contribution in [1.82, 2.24) is 27.5 Å². The van der Waals surface area contributed by atoms with Gasteiger partial charge in [-0.2, -0.15) is 13.1 Å². The quantitative estimate of drug-likeness (QED) is 0.450. The molecule has 1 atom stereocenters. The van der Waals surface area contributed by atoms with E-state index in [9.17, 15) is 13.2 Å². The van der Waals surface area contributed by atoms with Gasteiger partial charge in [0.05, 0.1) is 28.7 Å². The lowest BCUT2D eigenvalue weighted by Gasteiger charge is -2.37. The summed E-state index contributed by atoms with van der Waals surface area (Å²) in [6, 6.07) is 12.2. The van der Waals surface area contributed by atoms with Gasteiger partial charge in [0.25, 0.3) is 5.56 Å². The molecule has 0 spiro atoms. The fraction of sp³-hybridized carbons (Fsp3) is 0.333. The zero-order valence-corrected chi connectivity index (χ0v) is 19.3. The average molecular weight is 471 g/mol. The van der Waals surface area contributed by atoms with Gasteiger partial charge in [0, 0.05) is 33.2 Å². The topological polar surface area (TPSA) is 101 Å². The lowest BCUT2D eigenvalue weighted by molar-refractivity contribution is 0.139. The number of hydrogen-bond acceptors (Lipinski definition) is 8. The molecule has 0 aliphatic carbocycles. The van der Waals surface area contributed by atoms with Gasteiger partial charge >= 0.3 is 0 Å². The maximum Gasteiger partial charge on any atom is 0.261 e. The van der Waals surface area contributed by atoms with Crippen molar-refractivity contribution in [3.63, 3.8) is 0 Å². The standard InChI is InChI=1S/C21H22N6O3S2/c1-14(20-22-16-7-4-3-6-15(16)21(28)25(20)2)26-10-12-27(13-11-26)32(29,30)18-9-5-8-17-19(18)24-31-23-17/h3-9,14H,10-13H2,1-2H3. The van der Waals surface area contributed by atoms with Crippen LogP contribution in [0.3, 0.4) is 0 Å². The predicted molar refractivity (Wildman–Crippen MR) is 123 cm³/mol. The minimum atomic E-state index is -3.68. The minimum absolute atomic E-state index is 0.0800. The Bertz CT molecular complexity index is 1470. The van der Waals surface area contributed by atoms with E-state index in [-0.39, 0.29) is 16.5 Å². The highest BCUT2D eigenvalue weighted by Gasteiger charge is 2.33. The molecule has 11 heteroatoms. The van der Waals surface area contributed by atoms with E-state index in [0.717, 1.165) is 11.7 Å². The van der Waals surface area contributed by atoms with Crippen LogP contribution in [0.2, 0.25) is 0 Å². The highest BCUT2D eigenvalue weighted by atomic mass is 32.2. The van der Waals surface area contributed by atoms with E-state index in [0.29, 0.717) is 53.9 Å². The molecule has 0 N–H and O–H groups in total. The summed E-state index contributed by atoms with van der Waals surface area (Å²) in [6.45, 7) is 3.77.